The summed E-state index contributed by atoms with van der Waals surface area (Å²) < 4.78 is 11.9. The minimum Gasteiger partial charge on any atom is -0.488 e. The van der Waals surface area contributed by atoms with Gasteiger partial charge in [-0.15, -0.1) is 0 Å². The average molecular weight is 536 g/mol. The van der Waals surface area contributed by atoms with Crippen LogP contribution in [0.4, 0.5) is 0 Å². The molecule has 0 amide bonds. The van der Waals surface area contributed by atoms with Crippen LogP contribution in [0.2, 0.25) is 20.1 Å². The van der Waals surface area contributed by atoms with Gasteiger partial charge in [-0.2, -0.15) is 0 Å². The molecule has 4 N–H and O–H groups in total. The maximum Gasteiger partial charge on any atom is 0.156 e. The van der Waals surface area contributed by atoms with Crippen LogP contribution in [0.1, 0.15) is 65.5 Å². The number of hydrogen-bond donors (Lipinski definition) is 2. The molecule has 0 heterocycles. The molecule has 2 aromatic rings. The Morgan fingerprint density at radius 2 is 0.939 bits per heavy atom. The van der Waals surface area contributed by atoms with Gasteiger partial charge in [0.2, 0.25) is 0 Å². The lowest BCUT2D eigenvalue weighted by Gasteiger charge is -2.29. The van der Waals surface area contributed by atoms with Crippen molar-refractivity contribution in [2.24, 2.45) is 11.5 Å². The SMILES string of the molecule is CC(N)CC(C)Oc1c(Cl)cc(C(C)(C)c2cc(Cl)c(OC(C)CC(C)N)c(Cl)c2)cc1Cl. The zero-order chi connectivity index (χ0) is 25.1. The first kappa shape index (κ1) is 28.4. The van der Waals surface area contributed by atoms with Gasteiger partial charge < -0.3 is 20.9 Å². The monoisotopic (exact) mass is 534 g/mol. The molecule has 0 bridgehead atoms. The van der Waals surface area contributed by atoms with Crippen molar-refractivity contribution in [3.8, 4) is 11.5 Å². The van der Waals surface area contributed by atoms with Gasteiger partial charge in [-0.25, -0.2) is 0 Å². The van der Waals surface area contributed by atoms with Crippen molar-refractivity contribution in [1.82, 2.24) is 0 Å². The minimum atomic E-state index is -0.494. The molecule has 2 aromatic carbocycles. The number of benzene rings is 2. The Balaban J connectivity index is 2.35. The molecule has 2 rings (SSSR count). The molecule has 4 nitrogen and oxygen atoms in total. The van der Waals surface area contributed by atoms with E-state index in [1.165, 1.54) is 0 Å². The first-order valence-corrected chi connectivity index (χ1v) is 12.6. The third-order valence-electron chi connectivity index (χ3n) is 5.49. The molecular formula is C25H34Cl4N2O2. The van der Waals surface area contributed by atoms with Crippen LogP contribution >= 0.6 is 46.4 Å². The van der Waals surface area contributed by atoms with E-state index < -0.39 is 5.41 Å². The highest BCUT2D eigenvalue weighted by Gasteiger charge is 2.28. The van der Waals surface area contributed by atoms with E-state index in [-0.39, 0.29) is 24.3 Å². The molecule has 0 aliphatic heterocycles. The van der Waals surface area contributed by atoms with Crippen LogP contribution in [0.3, 0.4) is 0 Å². The predicted octanol–water partition coefficient (Wildman–Crippen LogP) is 7.64. The highest BCUT2D eigenvalue weighted by Crippen LogP contribution is 2.44. The molecule has 0 radical (unpaired) electrons. The summed E-state index contributed by atoms with van der Waals surface area (Å²) in [6, 6.07) is 7.46. The molecule has 0 aliphatic rings. The molecule has 0 aliphatic carbocycles. The molecule has 8 heteroatoms. The van der Waals surface area contributed by atoms with Gasteiger partial charge in [0.25, 0.3) is 0 Å². The maximum atomic E-state index is 6.57. The van der Waals surface area contributed by atoms with Crippen LogP contribution in [0.15, 0.2) is 24.3 Å². The van der Waals surface area contributed by atoms with E-state index in [0.717, 1.165) is 11.1 Å². The van der Waals surface area contributed by atoms with Gasteiger partial charge in [-0.3, -0.25) is 0 Å². The molecule has 0 aromatic heterocycles. The summed E-state index contributed by atoms with van der Waals surface area (Å²) in [5.74, 6) is 0.905. The molecule has 0 spiro atoms. The number of rotatable bonds is 10. The van der Waals surface area contributed by atoms with Crippen molar-refractivity contribution >= 4 is 46.4 Å². The zero-order valence-electron chi connectivity index (χ0n) is 20.0. The summed E-state index contributed by atoms with van der Waals surface area (Å²) in [5.41, 5.74) is 13.0. The Morgan fingerprint density at radius 3 is 1.18 bits per heavy atom. The van der Waals surface area contributed by atoms with Crippen molar-refractivity contribution in [3.05, 3.63) is 55.5 Å². The van der Waals surface area contributed by atoms with Gasteiger partial charge in [-0.05, 0) is 75.9 Å². The van der Waals surface area contributed by atoms with Crippen LogP contribution in [-0.2, 0) is 5.41 Å². The molecule has 33 heavy (non-hydrogen) atoms. The summed E-state index contributed by atoms with van der Waals surface area (Å²) in [7, 11) is 0. The normalized spacial score (nSPS) is 15.6. The summed E-state index contributed by atoms with van der Waals surface area (Å²) in [5, 5.41) is 1.74. The van der Waals surface area contributed by atoms with Crippen molar-refractivity contribution in [2.45, 2.75) is 84.1 Å². The van der Waals surface area contributed by atoms with E-state index in [4.69, 9.17) is 67.3 Å². The third kappa shape index (κ3) is 7.55. The first-order chi connectivity index (χ1) is 15.2. The van der Waals surface area contributed by atoms with E-state index in [1.54, 1.807) is 0 Å². The van der Waals surface area contributed by atoms with E-state index >= 15 is 0 Å². The second-order valence-corrected chi connectivity index (χ2v) is 11.1. The fourth-order valence-electron chi connectivity index (χ4n) is 3.78. The van der Waals surface area contributed by atoms with Crippen molar-refractivity contribution in [3.63, 3.8) is 0 Å². The van der Waals surface area contributed by atoms with E-state index in [9.17, 15) is 0 Å². The molecule has 0 saturated heterocycles. The fourth-order valence-corrected chi connectivity index (χ4v) is 4.93. The topological polar surface area (TPSA) is 70.5 Å². The van der Waals surface area contributed by atoms with Crippen LogP contribution in [0.5, 0.6) is 11.5 Å². The van der Waals surface area contributed by atoms with Crippen LogP contribution in [-0.4, -0.2) is 24.3 Å². The number of nitrogens with two attached hydrogens (primary N) is 2. The Morgan fingerprint density at radius 1 is 0.667 bits per heavy atom. The molecular weight excluding hydrogens is 502 g/mol. The van der Waals surface area contributed by atoms with Gasteiger partial charge in [-0.1, -0.05) is 60.3 Å². The standard InChI is InChI=1S/C25H34Cl4N2O2/c1-13(30)7-15(3)32-23-19(26)9-17(10-20(23)27)25(5,6)18-11-21(28)24(22(29)12-18)33-16(4)8-14(2)31/h9-16H,7-8,30-31H2,1-6H3. The van der Waals surface area contributed by atoms with E-state index in [2.05, 4.69) is 13.8 Å². The number of ether oxygens (including phenoxy) is 2. The summed E-state index contributed by atoms with van der Waals surface area (Å²) >= 11 is 26.3. The molecule has 0 fully saturated rings. The molecule has 4 atom stereocenters. The fraction of sp³-hybridized carbons (Fsp3) is 0.520. The largest absolute Gasteiger partial charge is 0.488 e. The lowest BCUT2D eigenvalue weighted by molar-refractivity contribution is 0.203. The third-order valence-corrected chi connectivity index (χ3v) is 6.61. The lowest BCUT2D eigenvalue weighted by Crippen LogP contribution is -2.25. The van der Waals surface area contributed by atoms with Crippen molar-refractivity contribution in [1.29, 1.82) is 0 Å². The highest BCUT2D eigenvalue weighted by atomic mass is 35.5. The Kier molecular flexibility index (Phi) is 10.1. The number of halogens is 4. The molecule has 184 valence electrons. The van der Waals surface area contributed by atoms with Gasteiger partial charge in [0.1, 0.15) is 0 Å². The first-order valence-electron chi connectivity index (χ1n) is 11.1. The minimum absolute atomic E-state index is 0.0129. The van der Waals surface area contributed by atoms with Gasteiger partial charge in [0, 0.05) is 17.5 Å². The quantitative estimate of drug-likeness (QED) is 0.328. The van der Waals surface area contributed by atoms with Crippen LogP contribution in [0.25, 0.3) is 0 Å². The summed E-state index contributed by atoms with van der Waals surface area (Å²) in [4.78, 5) is 0. The molecule has 4 unspecified atom stereocenters. The summed E-state index contributed by atoms with van der Waals surface area (Å²) in [6.45, 7) is 11.8. The highest BCUT2D eigenvalue weighted by molar-refractivity contribution is 6.38. The Labute approximate surface area is 217 Å². The smallest absolute Gasteiger partial charge is 0.156 e. The van der Waals surface area contributed by atoms with Gasteiger partial charge in [0.05, 0.1) is 32.3 Å². The number of hydrogen-bond acceptors (Lipinski definition) is 4. The average Bonchev–Trinajstić information content (AvgIpc) is 2.66. The lowest BCUT2D eigenvalue weighted by atomic mass is 9.78. The Bertz CT molecular complexity index is 842. The maximum absolute atomic E-state index is 6.57. The second-order valence-electron chi connectivity index (χ2n) is 9.45. The van der Waals surface area contributed by atoms with E-state index in [0.29, 0.717) is 44.4 Å². The molecule has 0 saturated carbocycles. The second kappa shape index (κ2) is 11.7. The van der Waals surface area contributed by atoms with Crippen molar-refractivity contribution in [2.75, 3.05) is 0 Å². The zero-order valence-corrected chi connectivity index (χ0v) is 23.0. The van der Waals surface area contributed by atoms with Crippen LogP contribution in [0, 0.1) is 0 Å². The Hall–Kier alpha value is -0.880. The van der Waals surface area contributed by atoms with E-state index in [1.807, 2.05) is 52.0 Å². The van der Waals surface area contributed by atoms with Crippen LogP contribution < -0.4 is 20.9 Å². The van der Waals surface area contributed by atoms with Crippen molar-refractivity contribution < 1.29 is 9.47 Å². The van der Waals surface area contributed by atoms with Gasteiger partial charge >= 0.3 is 0 Å². The predicted molar refractivity (Wildman–Crippen MR) is 142 cm³/mol. The summed E-state index contributed by atoms with van der Waals surface area (Å²) in [6.07, 6.45) is 1.14. The van der Waals surface area contributed by atoms with Gasteiger partial charge in [0.15, 0.2) is 11.5 Å².